The number of hydrogen-bond donors (Lipinski definition) is 2. The van der Waals surface area contributed by atoms with Gasteiger partial charge in [0.15, 0.2) is 5.78 Å². The number of carbonyl (C=O) groups excluding carboxylic acids is 3. The van der Waals surface area contributed by atoms with Crippen LogP contribution >= 0.6 is 0 Å². The summed E-state index contributed by atoms with van der Waals surface area (Å²) in [4.78, 5) is 46.1. The van der Waals surface area contributed by atoms with Crippen molar-refractivity contribution in [3.63, 3.8) is 0 Å². The van der Waals surface area contributed by atoms with E-state index in [4.69, 9.17) is 0 Å². The van der Waals surface area contributed by atoms with Crippen molar-refractivity contribution >= 4 is 39.7 Å². The Balaban J connectivity index is 1.46. The molecule has 0 radical (unpaired) electrons. The smallest absolute Gasteiger partial charge is 0.251 e. The molecule has 4 aliphatic heterocycles. The third kappa shape index (κ3) is 2.53. The Morgan fingerprint density at radius 3 is 2.49 bits per heavy atom. The molecule has 8 rings (SSSR count). The summed E-state index contributed by atoms with van der Waals surface area (Å²) < 4.78 is 0. The van der Waals surface area contributed by atoms with Crippen LogP contribution in [0.3, 0.4) is 0 Å². The third-order valence-electron chi connectivity index (χ3n) is 9.66. The molecule has 192 valence electrons. The fraction of sp³-hybridized carbons (Fsp3) is 0.242. The van der Waals surface area contributed by atoms with Crippen LogP contribution in [0.1, 0.15) is 39.9 Å². The first-order valence-electron chi connectivity index (χ1n) is 13.6. The second-order valence-electron chi connectivity index (χ2n) is 11.3. The average Bonchev–Trinajstić information content (AvgIpc) is 3.67. The van der Waals surface area contributed by atoms with Crippen LogP contribution in [0.2, 0.25) is 0 Å². The summed E-state index contributed by atoms with van der Waals surface area (Å²) in [7, 11) is 0. The summed E-state index contributed by atoms with van der Waals surface area (Å²) in [6, 6.07) is 27.0. The van der Waals surface area contributed by atoms with Crippen LogP contribution < -0.4 is 10.6 Å². The molecular weight excluding hydrogens is 486 g/mol. The summed E-state index contributed by atoms with van der Waals surface area (Å²) >= 11 is 0. The van der Waals surface area contributed by atoms with Crippen molar-refractivity contribution in [2.45, 2.75) is 36.8 Å². The number of fused-ring (bicyclic) bond motifs is 8. The molecule has 2 fully saturated rings. The number of nitrogens with zero attached hydrogens (tertiary/aromatic N) is 1. The monoisotopic (exact) mass is 513 g/mol. The molecule has 2 saturated heterocycles. The lowest BCUT2D eigenvalue weighted by Gasteiger charge is -2.43. The molecule has 4 heterocycles. The molecule has 0 unspecified atom stereocenters. The molecular formula is C33H27N3O3. The van der Waals surface area contributed by atoms with Gasteiger partial charge in [0.25, 0.3) is 5.91 Å². The van der Waals surface area contributed by atoms with Gasteiger partial charge < -0.3 is 10.6 Å². The lowest BCUT2D eigenvalue weighted by atomic mass is 9.57. The Morgan fingerprint density at radius 1 is 0.846 bits per heavy atom. The van der Waals surface area contributed by atoms with Gasteiger partial charge in [0.2, 0.25) is 5.91 Å². The van der Waals surface area contributed by atoms with Crippen LogP contribution in [-0.4, -0.2) is 35.1 Å². The van der Waals surface area contributed by atoms with Gasteiger partial charge in [-0.25, -0.2) is 0 Å². The SMILES string of the molecule is Cc1cccc2c1NC(=O)[C@@]21N2CCC[C@@H]2[C@H](C(=O)c2ccc3ccccc3c2)[C@@]12C(=O)Nc1ccccc12. The third-order valence-corrected chi connectivity index (χ3v) is 9.66. The maximum Gasteiger partial charge on any atom is 0.251 e. The topological polar surface area (TPSA) is 78.5 Å². The Kier molecular flexibility index (Phi) is 4.44. The molecule has 0 bridgehead atoms. The number of amides is 2. The highest BCUT2D eigenvalue weighted by Gasteiger charge is 2.81. The van der Waals surface area contributed by atoms with Gasteiger partial charge in [0, 0.05) is 28.5 Å². The normalized spacial score (nSPS) is 28.5. The molecule has 2 amide bonds. The number of hydrogen-bond acceptors (Lipinski definition) is 4. The van der Waals surface area contributed by atoms with Crippen LogP contribution in [0.4, 0.5) is 11.4 Å². The Labute approximate surface area is 226 Å². The van der Waals surface area contributed by atoms with Crippen LogP contribution in [0, 0.1) is 12.8 Å². The number of nitrogens with one attached hydrogen (secondary N) is 2. The van der Waals surface area contributed by atoms with Crippen LogP contribution in [-0.2, 0) is 20.5 Å². The molecule has 2 N–H and O–H groups in total. The summed E-state index contributed by atoms with van der Waals surface area (Å²) in [5.41, 5.74) is 1.72. The average molecular weight is 514 g/mol. The first-order valence-corrected chi connectivity index (χ1v) is 13.6. The van der Waals surface area contributed by atoms with Gasteiger partial charge in [-0.1, -0.05) is 72.8 Å². The van der Waals surface area contributed by atoms with E-state index in [1.54, 1.807) is 0 Å². The van der Waals surface area contributed by atoms with Gasteiger partial charge in [0.1, 0.15) is 11.0 Å². The molecule has 0 saturated carbocycles. The van der Waals surface area contributed by atoms with Gasteiger partial charge in [-0.2, -0.15) is 0 Å². The minimum absolute atomic E-state index is 0.0877. The van der Waals surface area contributed by atoms with E-state index in [9.17, 15) is 14.4 Å². The van der Waals surface area contributed by atoms with Crippen molar-refractivity contribution in [1.29, 1.82) is 0 Å². The zero-order chi connectivity index (χ0) is 26.5. The van der Waals surface area contributed by atoms with Crippen LogP contribution in [0.15, 0.2) is 84.9 Å². The van der Waals surface area contributed by atoms with Crippen molar-refractivity contribution in [3.8, 4) is 0 Å². The number of aryl methyl sites for hydroxylation is 1. The highest BCUT2D eigenvalue weighted by Crippen LogP contribution is 2.68. The standard InChI is InChI=1S/C33H27N3O3/c1-19-8-6-12-24-28(19)35-31(39)33(24)32(23-11-4-5-13-25(23)34-30(32)38)27(26-14-7-17-36(26)33)29(37)22-16-15-20-9-2-3-10-21(20)18-22/h2-6,8-13,15-16,18,26-27H,7,14,17H2,1H3,(H,34,38)(H,35,39)/t26-,27-,32+,33+/m1/s1. The van der Waals surface area contributed by atoms with Crippen molar-refractivity contribution < 1.29 is 14.4 Å². The molecule has 6 nitrogen and oxygen atoms in total. The number of carbonyl (C=O) groups is 3. The Morgan fingerprint density at radius 2 is 1.62 bits per heavy atom. The fourth-order valence-electron chi connectivity index (χ4n) is 8.27. The van der Waals surface area contributed by atoms with E-state index in [-0.39, 0.29) is 23.6 Å². The van der Waals surface area contributed by atoms with E-state index in [2.05, 4.69) is 15.5 Å². The van der Waals surface area contributed by atoms with E-state index >= 15 is 0 Å². The first kappa shape index (κ1) is 22.7. The summed E-state index contributed by atoms with van der Waals surface area (Å²) in [6.45, 7) is 2.62. The highest BCUT2D eigenvalue weighted by molar-refractivity contribution is 6.21. The Bertz CT molecular complexity index is 1760. The van der Waals surface area contributed by atoms with Crippen molar-refractivity contribution in [2.75, 3.05) is 17.2 Å². The van der Waals surface area contributed by atoms with E-state index in [1.165, 1.54) is 0 Å². The van der Waals surface area contributed by atoms with E-state index in [0.29, 0.717) is 17.8 Å². The molecule has 2 spiro atoms. The summed E-state index contributed by atoms with van der Waals surface area (Å²) in [5, 5.41) is 8.30. The quantitative estimate of drug-likeness (QED) is 0.363. The maximum absolute atomic E-state index is 14.8. The predicted molar refractivity (Wildman–Crippen MR) is 150 cm³/mol. The van der Waals surface area contributed by atoms with Crippen molar-refractivity contribution in [3.05, 3.63) is 107 Å². The van der Waals surface area contributed by atoms with Crippen LogP contribution in [0.25, 0.3) is 10.8 Å². The number of benzene rings is 4. The van der Waals surface area contributed by atoms with Crippen molar-refractivity contribution in [1.82, 2.24) is 4.90 Å². The Hall–Kier alpha value is -4.29. The molecule has 6 heteroatoms. The first-order chi connectivity index (χ1) is 19.0. The van der Waals surface area contributed by atoms with E-state index < -0.39 is 16.9 Å². The molecule has 0 aromatic heterocycles. The van der Waals surface area contributed by atoms with Gasteiger partial charge in [-0.15, -0.1) is 0 Å². The van der Waals surface area contributed by atoms with E-state index in [0.717, 1.165) is 46.0 Å². The number of para-hydroxylation sites is 2. The highest BCUT2D eigenvalue weighted by atomic mass is 16.2. The predicted octanol–water partition coefficient (Wildman–Crippen LogP) is 5.16. The molecule has 4 aromatic rings. The number of anilines is 2. The second-order valence-corrected chi connectivity index (χ2v) is 11.3. The molecule has 4 aromatic carbocycles. The summed E-state index contributed by atoms with van der Waals surface area (Å²) in [5.74, 6) is -1.32. The number of Topliss-reactive ketones (excluding diaryl/α,β-unsaturated/α-hetero) is 1. The lowest BCUT2D eigenvalue weighted by Crippen LogP contribution is -2.62. The molecule has 0 aliphatic carbocycles. The zero-order valence-electron chi connectivity index (χ0n) is 21.5. The fourth-order valence-corrected chi connectivity index (χ4v) is 8.27. The number of ketones is 1. The van der Waals surface area contributed by atoms with Gasteiger partial charge in [-0.05, 0) is 60.3 Å². The van der Waals surface area contributed by atoms with Gasteiger partial charge in [0.05, 0.1) is 5.92 Å². The molecule has 4 atom stereocenters. The van der Waals surface area contributed by atoms with Crippen molar-refractivity contribution in [2.24, 2.45) is 5.92 Å². The minimum atomic E-state index is -1.42. The number of rotatable bonds is 2. The zero-order valence-corrected chi connectivity index (χ0v) is 21.5. The second kappa shape index (κ2) is 7.64. The van der Waals surface area contributed by atoms with Crippen LogP contribution in [0.5, 0.6) is 0 Å². The lowest BCUT2D eigenvalue weighted by molar-refractivity contribution is -0.137. The van der Waals surface area contributed by atoms with E-state index in [1.807, 2.05) is 91.9 Å². The molecule has 39 heavy (non-hydrogen) atoms. The summed E-state index contributed by atoms with van der Waals surface area (Å²) in [6.07, 6.45) is 1.61. The van der Waals surface area contributed by atoms with Gasteiger partial charge >= 0.3 is 0 Å². The molecule has 4 aliphatic rings. The largest absolute Gasteiger partial charge is 0.325 e. The maximum atomic E-state index is 14.8. The van der Waals surface area contributed by atoms with Gasteiger partial charge in [-0.3, -0.25) is 19.3 Å². The minimum Gasteiger partial charge on any atom is -0.325 e.